The van der Waals surface area contributed by atoms with Crippen molar-refractivity contribution in [2.75, 3.05) is 13.6 Å². The average Bonchev–Trinajstić information content (AvgIpc) is 2.28. The van der Waals surface area contributed by atoms with Crippen LogP contribution in [-0.2, 0) is 0 Å². The lowest BCUT2D eigenvalue weighted by Crippen LogP contribution is -2.27. The maximum absolute atomic E-state index is 11.9. The van der Waals surface area contributed by atoms with E-state index in [9.17, 15) is 4.79 Å². The molecule has 0 radical (unpaired) electrons. The Morgan fingerprint density at radius 3 is 2.75 bits per heavy atom. The van der Waals surface area contributed by atoms with E-state index in [1.165, 1.54) is 6.20 Å². The minimum absolute atomic E-state index is 0.0838. The summed E-state index contributed by atoms with van der Waals surface area (Å²) in [4.78, 5) is 17.4. The zero-order chi connectivity index (χ0) is 12.1. The van der Waals surface area contributed by atoms with E-state index in [4.69, 9.17) is 23.2 Å². The smallest absolute Gasteiger partial charge is 0.255 e. The molecular weight excluding hydrogens is 247 g/mol. The Labute approximate surface area is 105 Å². The number of carbonyl (C=O) groups excluding carboxylic acids is 1. The summed E-state index contributed by atoms with van der Waals surface area (Å²) in [6.07, 6.45) is 3.48. The zero-order valence-corrected chi connectivity index (χ0v) is 10.8. The summed E-state index contributed by atoms with van der Waals surface area (Å²) in [5.41, 5.74) is 0.466. The van der Waals surface area contributed by atoms with Crippen LogP contribution in [0.25, 0.3) is 0 Å². The Kier molecular flexibility index (Phi) is 5.03. The molecule has 0 bridgehead atoms. The highest BCUT2D eigenvalue weighted by Crippen LogP contribution is 2.20. The Balaban J connectivity index is 2.76. The van der Waals surface area contributed by atoms with Crippen LogP contribution >= 0.6 is 23.2 Å². The molecule has 0 saturated heterocycles. The summed E-state index contributed by atoms with van der Waals surface area (Å²) in [7, 11) is 1.76. The number of unbranched alkanes of at least 4 members (excludes halogenated alkanes) is 1. The largest absolute Gasteiger partial charge is 0.342 e. The molecule has 0 fully saturated rings. The van der Waals surface area contributed by atoms with E-state index in [1.54, 1.807) is 18.0 Å². The monoisotopic (exact) mass is 260 g/mol. The predicted octanol–water partition coefficient (Wildman–Crippen LogP) is 3.26. The van der Waals surface area contributed by atoms with Gasteiger partial charge < -0.3 is 4.90 Å². The first-order valence-corrected chi connectivity index (χ1v) is 5.88. The van der Waals surface area contributed by atoms with Crippen molar-refractivity contribution in [1.82, 2.24) is 9.88 Å². The molecule has 16 heavy (non-hydrogen) atoms. The first kappa shape index (κ1) is 13.3. The number of halogens is 2. The Hall–Kier alpha value is -0.800. The quantitative estimate of drug-likeness (QED) is 0.779. The van der Waals surface area contributed by atoms with Gasteiger partial charge >= 0.3 is 0 Å². The summed E-state index contributed by atoms with van der Waals surface area (Å²) in [5.74, 6) is -0.0838. The third kappa shape index (κ3) is 3.35. The van der Waals surface area contributed by atoms with Crippen molar-refractivity contribution < 1.29 is 4.79 Å². The van der Waals surface area contributed by atoms with Gasteiger partial charge in [-0.2, -0.15) is 0 Å². The SMILES string of the molecule is CCCCN(C)C(=O)c1cnc(Cl)c(Cl)c1. The topological polar surface area (TPSA) is 33.2 Å². The highest BCUT2D eigenvalue weighted by atomic mass is 35.5. The molecule has 0 aliphatic heterocycles. The maximum atomic E-state index is 11.9. The number of nitrogens with zero attached hydrogens (tertiary/aromatic N) is 2. The molecule has 1 aromatic rings. The van der Waals surface area contributed by atoms with Crippen LogP contribution in [0.2, 0.25) is 10.2 Å². The fourth-order valence-corrected chi connectivity index (χ4v) is 1.53. The number of aromatic nitrogens is 1. The highest BCUT2D eigenvalue weighted by Gasteiger charge is 2.13. The lowest BCUT2D eigenvalue weighted by Gasteiger charge is -2.16. The van der Waals surface area contributed by atoms with Crippen LogP contribution in [-0.4, -0.2) is 29.4 Å². The second-order valence-electron chi connectivity index (χ2n) is 3.58. The van der Waals surface area contributed by atoms with E-state index in [0.29, 0.717) is 10.6 Å². The normalized spacial score (nSPS) is 10.2. The molecule has 0 unspecified atom stereocenters. The number of pyridine rings is 1. The molecular formula is C11H14Cl2N2O. The number of carbonyl (C=O) groups is 1. The van der Waals surface area contributed by atoms with Crippen LogP contribution in [0.4, 0.5) is 0 Å². The minimum Gasteiger partial charge on any atom is -0.342 e. The van der Waals surface area contributed by atoms with Crippen LogP contribution in [0.15, 0.2) is 12.3 Å². The van der Waals surface area contributed by atoms with Crippen LogP contribution < -0.4 is 0 Å². The molecule has 0 aliphatic carbocycles. The van der Waals surface area contributed by atoms with Crippen LogP contribution in [0.5, 0.6) is 0 Å². The van der Waals surface area contributed by atoms with Crippen molar-refractivity contribution in [3.63, 3.8) is 0 Å². The van der Waals surface area contributed by atoms with E-state index in [-0.39, 0.29) is 11.1 Å². The van der Waals surface area contributed by atoms with E-state index < -0.39 is 0 Å². The number of rotatable bonds is 4. The van der Waals surface area contributed by atoms with E-state index in [0.717, 1.165) is 19.4 Å². The van der Waals surface area contributed by atoms with Crippen LogP contribution in [0.3, 0.4) is 0 Å². The number of amides is 1. The van der Waals surface area contributed by atoms with Crippen molar-refractivity contribution in [3.05, 3.63) is 28.0 Å². The summed E-state index contributed by atoms with van der Waals surface area (Å²) in [6.45, 7) is 2.81. The Morgan fingerprint density at radius 2 is 2.19 bits per heavy atom. The van der Waals surface area contributed by atoms with Crippen LogP contribution in [0.1, 0.15) is 30.1 Å². The highest BCUT2D eigenvalue weighted by molar-refractivity contribution is 6.41. The van der Waals surface area contributed by atoms with Gasteiger partial charge in [-0.1, -0.05) is 36.5 Å². The molecule has 0 atom stereocenters. The summed E-state index contributed by atoms with van der Waals surface area (Å²) >= 11 is 11.5. The fraction of sp³-hybridized carbons (Fsp3) is 0.455. The molecule has 3 nitrogen and oxygen atoms in total. The average molecular weight is 261 g/mol. The van der Waals surface area contributed by atoms with Crippen LogP contribution in [0, 0.1) is 0 Å². The van der Waals surface area contributed by atoms with Gasteiger partial charge in [0.1, 0.15) is 5.15 Å². The van der Waals surface area contributed by atoms with Crippen molar-refractivity contribution in [2.45, 2.75) is 19.8 Å². The van der Waals surface area contributed by atoms with Gasteiger partial charge in [-0.05, 0) is 12.5 Å². The van der Waals surface area contributed by atoms with Crippen molar-refractivity contribution in [3.8, 4) is 0 Å². The molecule has 0 aliphatic rings. The van der Waals surface area contributed by atoms with Gasteiger partial charge in [-0.15, -0.1) is 0 Å². The van der Waals surface area contributed by atoms with Gasteiger partial charge in [0.2, 0.25) is 0 Å². The lowest BCUT2D eigenvalue weighted by molar-refractivity contribution is 0.0793. The first-order chi connectivity index (χ1) is 7.56. The minimum atomic E-state index is -0.0838. The third-order valence-corrected chi connectivity index (χ3v) is 2.92. The molecule has 0 saturated carbocycles. The van der Waals surface area contributed by atoms with Gasteiger partial charge in [0, 0.05) is 19.8 Å². The molecule has 1 rings (SSSR count). The van der Waals surface area contributed by atoms with Gasteiger partial charge in [0.25, 0.3) is 5.91 Å². The number of hydrogen-bond acceptors (Lipinski definition) is 2. The molecule has 88 valence electrons. The molecule has 1 amide bonds. The second-order valence-corrected chi connectivity index (χ2v) is 4.34. The molecule has 1 heterocycles. The summed E-state index contributed by atoms with van der Waals surface area (Å²) in [6, 6.07) is 1.54. The van der Waals surface area contributed by atoms with Crippen molar-refractivity contribution in [2.24, 2.45) is 0 Å². The fourth-order valence-electron chi connectivity index (χ4n) is 1.26. The molecule has 0 aromatic carbocycles. The molecule has 5 heteroatoms. The summed E-state index contributed by atoms with van der Waals surface area (Å²) in [5, 5.41) is 0.519. The lowest BCUT2D eigenvalue weighted by atomic mass is 10.2. The van der Waals surface area contributed by atoms with E-state index in [1.807, 2.05) is 0 Å². The first-order valence-electron chi connectivity index (χ1n) is 5.12. The standard InChI is InChI=1S/C11H14Cl2N2O/c1-3-4-5-15(2)11(16)8-6-9(12)10(13)14-7-8/h6-7H,3-5H2,1-2H3. The molecule has 0 spiro atoms. The number of hydrogen-bond donors (Lipinski definition) is 0. The Bertz CT molecular complexity index is 382. The van der Waals surface area contributed by atoms with Gasteiger partial charge in [0.05, 0.1) is 10.6 Å². The summed E-state index contributed by atoms with van der Waals surface area (Å²) < 4.78 is 0. The van der Waals surface area contributed by atoms with Gasteiger partial charge in [-0.3, -0.25) is 4.79 Å². The molecule has 1 aromatic heterocycles. The second kappa shape index (κ2) is 6.06. The third-order valence-electron chi connectivity index (χ3n) is 2.24. The van der Waals surface area contributed by atoms with E-state index in [2.05, 4.69) is 11.9 Å². The zero-order valence-electron chi connectivity index (χ0n) is 9.33. The predicted molar refractivity (Wildman–Crippen MR) is 66.1 cm³/mol. The van der Waals surface area contributed by atoms with E-state index >= 15 is 0 Å². The van der Waals surface area contributed by atoms with Gasteiger partial charge in [0.15, 0.2) is 0 Å². The van der Waals surface area contributed by atoms with Gasteiger partial charge in [-0.25, -0.2) is 4.98 Å². The maximum Gasteiger partial charge on any atom is 0.255 e. The van der Waals surface area contributed by atoms with Crippen molar-refractivity contribution in [1.29, 1.82) is 0 Å². The Morgan fingerprint density at radius 1 is 1.50 bits per heavy atom. The van der Waals surface area contributed by atoms with Crippen molar-refractivity contribution >= 4 is 29.1 Å². The molecule has 0 N–H and O–H groups in total.